The van der Waals surface area contributed by atoms with Gasteiger partial charge in [0.05, 0.1) is 6.61 Å². The van der Waals surface area contributed by atoms with Crippen LogP contribution in [-0.4, -0.2) is 50.5 Å². The van der Waals surface area contributed by atoms with E-state index in [2.05, 4.69) is 5.32 Å². The van der Waals surface area contributed by atoms with E-state index in [9.17, 15) is 27.4 Å². The Morgan fingerprint density at radius 1 is 1.09 bits per heavy atom. The second kappa shape index (κ2) is 11.2. The molecule has 10 heteroatoms. The number of esters is 1. The molecular weight excluding hydrogens is 438 g/mol. The summed E-state index contributed by atoms with van der Waals surface area (Å²) >= 11 is 0. The summed E-state index contributed by atoms with van der Waals surface area (Å²) in [4.78, 5) is 35.8. The van der Waals surface area contributed by atoms with Crippen LogP contribution in [0.2, 0.25) is 0 Å². The average Bonchev–Trinajstić information content (AvgIpc) is 2.74. The summed E-state index contributed by atoms with van der Waals surface area (Å²) < 4.78 is 43.0. The number of carbonyl (C=O) groups is 3. The summed E-state index contributed by atoms with van der Waals surface area (Å²) in [6.07, 6.45) is -0.206. The van der Waals surface area contributed by atoms with E-state index in [4.69, 9.17) is 9.47 Å². The average molecular weight is 466 g/mol. The first-order valence-electron chi connectivity index (χ1n) is 10.0. The molecule has 2 N–H and O–H groups in total. The molecule has 0 bridgehead atoms. The SMILES string of the molecule is COC(C)C(=O)OCCC(CCC(=O)Nc1cccc2cccc(S(=O)(=O)O)c12)C(C)=O. The first kappa shape index (κ1) is 25.4. The third-order valence-electron chi connectivity index (χ3n) is 5.11. The van der Waals surface area contributed by atoms with Gasteiger partial charge in [0.15, 0.2) is 6.10 Å². The molecular formula is C22H27NO8S. The van der Waals surface area contributed by atoms with Crippen molar-refractivity contribution in [3.05, 3.63) is 36.4 Å². The molecule has 9 nitrogen and oxygen atoms in total. The van der Waals surface area contributed by atoms with E-state index in [1.807, 2.05) is 0 Å². The molecule has 2 aromatic rings. The number of benzene rings is 2. The number of fused-ring (bicyclic) bond motifs is 1. The summed E-state index contributed by atoms with van der Waals surface area (Å²) in [5.41, 5.74) is 0.239. The molecule has 0 aliphatic carbocycles. The number of anilines is 1. The summed E-state index contributed by atoms with van der Waals surface area (Å²) in [6, 6.07) is 9.27. The highest BCUT2D eigenvalue weighted by molar-refractivity contribution is 7.86. The van der Waals surface area contributed by atoms with Gasteiger partial charge in [-0.1, -0.05) is 24.3 Å². The number of ether oxygens (including phenoxy) is 2. The zero-order valence-electron chi connectivity index (χ0n) is 18.2. The van der Waals surface area contributed by atoms with Crippen LogP contribution in [0.3, 0.4) is 0 Å². The fourth-order valence-electron chi connectivity index (χ4n) is 3.21. The Labute approximate surface area is 186 Å². The molecule has 2 aromatic carbocycles. The van der Waals surface area contributed by atoms with Crippen molar-refractivity contribution in [1.29, 1.82) is 0 Å². The third-order valence-corrected chi connectivity index (χ3v) is 6.01. The first-order chi connectivity index (χ1) is 15.0. The molecule has 0 aromatic heterocycles. The summed E-state index contributed by atoms with van der Waals surface area (Å²) in [6.45, 7) is 2.99. The van der Waals surface area contributed by atoms with Crippen LogP contribution in [0.15, 0.2) is 41.3 Å². The van der Waals surface area contributed by atoms with Gasteiger partial charge in [-0.25, -0.2) is 4.79 Å². The third kappa shape index (κ3) is 6.84. The maximum atomic E-state index is 12.5. The molecule has 174 valence electrons. The van der Waals surface area contributed by atoms with E-state index in [0.717, 1.165) is 0 Å². The van der Waals surface area contributed by atoms with Crippen molar-refractivity contribution in [2.75, 3.05) is 19.0 Å². The van der Waals surface area contributed by atoms with E-state index in [0.29, 0.717) is 5.39 Å². The van der Waals surface area contributed by atoms with Crippen molar-refractivity contribution in [2.45, 2.75) is 44.1 Å². The molecule has 0 fully saturated rings. The number of methoxy groups -OCH3 is 1. The molecule has 0 saturated heterocycles. The quantitative estimate of drug-likeness (QED) is 0.382. The van der Waals surface area contributed by atoms with Crippen molar-refractivity contribution in [2.24, 2.45) is 5.92 Å². The van der Waals surface area contributed by atoms with Crippen molar-refractivity contribution in [3.8, 4) is 0 Å². The lowest BCUT2D eigenvalue weighted by atomic mass is 9.95. The molecule has 2 unspecified atom stereocenters. The monoisotopic (exact) mass is 465 g/mol. The van der Waals surface area contributed by atoms with Crippen molar-refractivity contribution in [3.63, 3.8) is 0 Å². The van der Waals surface area contributed by atoms with E-state index in [1.54, 1.807) is 25.1 Å². The maximum Gasteiger partial charge on any atom is 0.334 e. The molecule has 0 spiro atoms. The van der Waals surface area contributed by atoms with Crippen LogP contribution in [0.25, 0.3) is 10.8 Å². The minimum atomic E-state index is -4.50. The van der Waals surface area contributed by atoms with Crippen LogP contribution in [0, 0.1) is 5.92 Å². The fraction of sp³-hybridized carbons (Fsp3) is 0.409. The van der Waals surface area contributed by atoms with Crippen LogP contribution in [0.4, 0.5) is 5.69 Å². The van der Waals surface area contributed by atoms with Gasteiger partial charge in [-0.3, -0.25) is 14.1 Å². The lowest BCUT2D eigenvalue weighted by molar-refractivity contribution is -0.155. The number of amides is 1. The van der Waals surface area contributed by atoms with Gasteiger partial charge in [-0.15, -0.1) is 0 Å². The van der Waals surface area contributed by atoms with Crippen molar-refractivity contribution < 1.29 is 36.8 Å². The predicted octanol–water partition coefficient (Wildman–Crippen LogP) is 2.98. The Kier molecular flexibility index (Phi) is 8.88. The molecule has 32 heavy (non-hydrogen) atoms. The Morgan fingerprint density at radius 2 is 1.75 bits per heavy atom. The van der Waals surface area contributed by atoms with Gasteiger partial charge in [-0.05, 0) is 44.2 Å². The van der Waals surface area contributed by atoms with Gasteiger partial charge in [-0.2, -0.15) is 8.42 Å². The first-order valence-corrected chi connectivity index (χ1v) is 11.5. The number of ketones is 1. The van der Waals surface area contributed by atoms with Crippen molar-refractivity contribution >= 4 is 44.2 Å². The number of carbonyl (C=O) groups excluding carboxylic acids is 3. The van der Waals surface area contributed by atoms with Gasteiger partial charge >= 0.3 is 5.97 Å². The standard InChI is InChI=1S/C22H27NO8S/c1-14(24)16(12-13-31-22(26)15(2)30-3)10-11-20(25)23-18-8-4-6-17-7-5-9-19(21(17)18)32(27,28)29/h4-9,15-16H,10-13H2,1-3H3,(H,23,25)(H,27,28,29). The second-order valence-electron chi connectivity index (χ2n) is 7.36. The smallest absolute Gasteiger partial charge is 0.334 e. The predicted molar refractivity (Wildman–Crippen MR) is 118 cm³/mol. The van der Waals surface area contributed by atoms with Crippen LogP contribution >= 0.6 is 0 Å². The molecule has 0 aliphatic rings. The zero-order chi connectivity index (χ0) is 23.9. The van der Waals surface area contributed by atoms with Gasteiger partial charge in [0.25, 0.3) is 10.1 Å². The second-order valence-corrected chi connectivity index (χ2v) is 8.75. The number of nitrogens with one attached hydrogen (secondary N) is 1. The molecule has 0 saturated carbocycles. The normalized spacial score (nSPS) is 13.4. The number of hydrogen-bond donors (Lipinski definition) is 2. The lowest BCUT2D eigenvalue weighted by Crippen LogP contribution is -2.24. The Bertz CT molecular complexity index is 1090. The molecule has 0 radical (unpaired) electrons. The van der Waals surface area contributed by atoms with E-state index in [-0.39, 0.29) is 47.6 Å². The summed E-state index contributed by atoms with van der Waals surface area (Å²) in [7, 11) is -3.11. The summed E-state index contributed by atoms with van der Waals surface area (Å²) in [5, 5.41) is 3.40. The Morgan fingerprint density at radius 3 is 2.34 bits per heavy atom. The Balaban J connectivity index is 2.05. The molecule has 2 atom stereocenters. The highest BCUT2D eigenvalue weighted by atomic mass is 32.2. The lowest BCUT2D eigenvalue weighted by Gasteiger charge is -2.16. The largest absolute Gasteiger partial charge is 0.464 e. The van der Waals surface area contributed by atoms with Crippen LogP contribution in [-0.2, 0) is 34.0 Å². The van der Waals surface area contributed by atoms with Crippen molar-refractivity contribution in [1.82, 2.24) is 0 Å². The zero-order valence-corrected chi connectivity index (χ0v) is 19.0. The van der Waals surface area contributed by atoms with Gasteiger partial charge in [0.1, 0.15) is 10.7 Å². The van der Waals surface area contributed by atoms with E-state index < -0.39 is 34.0 Å². The number of hydrogen-bond acceptors (Lipinski definition) is 7. The topological polar surface area (TPSA) is 136 Å². The molecule has 0 aliphatic heterocycles. The fourth-order valence-corrected chi connectivity index (χ4v) is 3.95. The molecule has 0 heterocycles. The van der Waals surface area contributed by atoms with E-state index >= 15 is 0 Å². The van der Waals surface area contributed by atoms with Gasteiger partial charge < -0.3 is 14.8 Å². The van der Waals surface area contributed by atoms with Gasteiger partial charge in [0.2, 0.25) is 5.91 Å². The highest BCUT2D eigenvalue weighted by Gasteiger charge is 2.20. The summed E-state index contributed by atoms with van der Waals surface area (Å²) in [5.74, 6) is -1.56. The maximum absolute atomic E-state index is 12.5. The van der Waals surface area contributed by atoms with E-state index in [1.165, 1.54) is 32.2 Å². The minimum Gasteiger partial charge on any atom is -0.464 e. The number of Topliss-reactive ketones (excluding diaryl/α,β-unsaturated/α-hetero) is 1. The number of rotatable bonds is 11. The minimum absolute atomic E-state index is 0.00288. The van der Waals surface area contributed by atoms with Gasteiger partial charge in [0, 0.05) is 30.5 Å². The Hall–Kier alpha value is -2.82. The highest BCUT2D eigenvalue weighted by Crippen LogP contribution is 2.30. The van der Waals surface area contributed by atoms with Crippen LogP contribution in [0.5, 0.6) is 0 Å². The van der Waals surface area contributed by atoms with Crippen LogP contribution < -0.4 is 5.32 Å². The van der Waals surface area contributed by atoms with Crippen LogP contribution in [0.1, 0.15) is 33.1 Å². The molecule has 1 amide bonds. The molecule has 2 rings (SSSR count).